The number of piperazine rings is 1. The van der Waals surface area contributed by atoms with Crippen LogP contribution >= 0.6 is 0 Å². The van der Waals surface area contributed by atoms with Gasteiger partial charge in [0.2, 0.25) is 0 Å². The molecule has 0 radical (unpaired) electrons. The summed E-state index contributed by atoms with van der Waals surface area (Å²) in [7, 11) is 2.27. The third-order valence-corrected chi connectivity index (χ3v) is 5.60. The van der Waals surface area contributed by atoms with Crippen LogP contribution in [0.4, 0.5) is 0 Å². The Morgan fingerprint density at radius 1 is 1.00 bits per heavy atom. The molecule has 1 aromatic carbocycles. The molecule has 1 aromatic rings. The molecule has 0 aromatic heterocycles. The van der Waals surface area contributed by atoms with E-state index in [1.54, 1.807) is 0 Å². The molecule has 0 aliphatic carbocycles. The van der Waals surface area contributed by atoms with Crippen LogP contribution in [0.3, 0.4) is 0 Å². The van der Waals surface area contributed by atoms with Crippen molar-refractivity contribution in [2.24, 2.45) is 0 Å². The fourth-order valence-corrected chi connectivity index (χ4v) is 3.95. The maximum Gasteiger partial charge on any atom is 0.0685 e. The zero-order valence-electron chi connectivity index (χ0n) is 14.5. The number of rotatable bonds is 6. The SMILES string of the molecule is CN1CCCC1CCN1CCN(Cc2ccccc2CO)CC1. The minimum Gasteiger partial charge on any atom is -0.392 e. The maximum absolute atomic E-state index is 9.45. The number of hydrogen-bond donors (Lipinski definition) is 1. The van der Waals surface area contributed by atoms with Gasteiger partial charge in [0.05, 0.1) is 6.61 Å². The van der Waals surface area contributed by atoms with Gasteiger partial charge in [-0.05, 0) is 50.5 Å². The zero-order chi connectivity index (χ0) is 16.1. The average molecular weight is 317 g/mol. The molecule has 4 nitrogen and oxygen atoms in total. The summed E-state index contributed by atoms with van der Waals surface area (Å²) in [6.45, 7) is 8.27. The van der Waals surface area contributed by atoms with Gasteiger partial charge in [0.1, 0.15) is 0 Å². The van der Waals surface area contributed by atoms with Crippen LogP contribution in [0.25, 0.3) is 0 Å². The third-order valence-electron chi connectivity index (χ3n) is 5.60. The lowest BCUT2D eigenvalue weighted by Gasteiger charge is -2.35. The molecule has 0 amide bonds. The normalized spacial score (nSPS) is 24.3. The lowest BCUT2D eigenvalue weighted by molar-refractivity contribution is 0.118. The highest BCUT2D eigenvalue weighted by Crippen LogP contribution is 2.19. The van der Waals surface area contributed by atoms with Crippen LogP contribution in [-0.2, 0) is 13.2 Å². The highest BCUT2D eigenvalue weighted by Gasteiger charge is 2.23. The van der Waals surface area contributed by atoms with Gasteiger partial charge in [-0.3, -0.25) is 4.90 Å². The van der Waals surface area contributed by atoms with Crippen molar-refractivity contribution < 1.29 is 5.11 Å². The van der Waals surface area contributed by atoms with E-state index in [1.165, 1.54) is 51.0 Å². The van der Waals surface area contributed by atoms with Gasteiger partial charge in [0.15, 0.2) is 0 Å². The molecule has 0 spiro atoms. The Bertz CT molecular complexity index is 485. The van der Waals surface area contributed by atoms with Crippen LogP contribution in [0, 0.1) is 0 Å². The second-order valence-electron chi connectivity index (χ2n) is 7.11. The van der Waals surface area contributed by atoms with Gasteiger partial charge in [-0.2, -0.15) is 0 Å². The van der Waals surface area contributed by atoms with Crippen molar-refractivity contribution in [1.29, 1.82) is 0 Å². The molecule has 23 heavy (non-hydrogen) atoms. The Kier molecular flexibility index (Phi) is 6.06. The van der Waals surface area contributed by atoms with E-state index in [-0.39, 0.29) is 6.61 Å². The second-order valence-corrected chi connectivity index (χ2v) is 7.11. The first-order valence-corrected chi connectivity index (χ1v) is 9.09. The molecule has 1 N–H and O–H groups in total. The zero-order valence-corrected chi connectivity index (χ0v) is 14.5. The molecular formula is C19H31N3O. The molecule has 2 fully saturated rings. The summed E-state index contributed by atoms with van der Waals surface area (Å²) in [6, 6.07) is 9.07. The van der Waals surface area contributed by atoms with E-state index in [9.17, 15) is 5.11 Å². The standard InChI is InChI=1S/C19H31N3O/c1-20-9-4-7-19(20)8-10-21-11-13-22(14-12-21)15-17-5-2-3-6-18(17)16-23/h2-3,5-6,19,23H,4,7-16H2,1H3. The molecule has 4 heteroatoms. The van der Waals surface area contributed by atoms with Crippen molar-refractivity contribution >= 4 is 0 Å². The molecule has 128 valence electrons. The number of hydrogen-bond acceptors (Lipinski definition) is 4. The molecule has 2 heterocycles. The summed E-state index contributed by atoms with van der Waals surface area (Å²) in [5.74, 6) is 0. The molecule has 2 aliphatic heterocycles. The Labute approximate surface area is 140 Å². The van der Waals surface area contributed by atoms with Gasteiger partial charge in [0, 0.05) is 38.8 Å². The lowest BCUT2D eigenvalue weighted by atomic mass is 10.1. The van der Waals surface area contributed by atoms with E-state index in [2.05, 4.69) is 33.9 Å². The summed E-state index contributed by atoms with van der Waals surface area (Å²) in [4.78, 5) is 7.68. The van der Waals surface area contributed by atoms with Crippen molar-refractivity contribution in [2.45, 2.75) is 38.5 Å². The van der Waals surface area contributed by atoms with E-state index >= 15 is 0 Å². The van der Waals surface area contributed by atoms with E-state index in [0.717, 1.165) is 31.2 Å². The fraction of sp³-hybridized carbons (Fsp3) is 0.684. The van der Waals surface area contributed by atoms with Gasteiger partial charge in [-0.15, -0.1) is 0 Å². The van der Waals surface area contributed by atoms with E-state index in [0.29, 0.717) is 0 Å². The van der Waals surface area contributed by atoms with E-state index in [4.69, 9.17) is 0 Å². The monoisotopic (exact) mass is 317 g/mol. The van der Waals surface area contributed by atoms with E-state index < -0.39 is 0 Å². The van der Waals surface area contributed by atoms with Gasteiger partial charge < -0.3 is 14.9 Å². The number of nitrogens with zero attached hydrogens (tertiary/aromatic N) is 3. The smallest absolute Gasteiger partial charge is 0.0685 e. The molecule has 2 saturated heterocycles. The minimum atomic E-state index is 0.144. The number of aliphatic hydroxyl groups excluding tert-OH is 1. The van der Waals surface area contributed by atoms with Crippen LogP contribution in [0.5, 0.6) is 0 Å². The van der Waals surface area contributed by atoms with Crippen molar-refractivity contribution in [3.63, 3.8) is 0 Å². The molecule has 3 rings (SSSR count). The van der Waals surface area contributed by atoms with Crippen molar-refractivity contribution in [2.75, 3.05) is 46.3 Å². The molecule has 0 bridgehead atoms. The first-order chi connectivity index (χ1) is 11.3. The first-order valence-electron chi connectivity index (χ1n) is 9.09. The van der Waals surface area contributed by atoms with Crippen molar-refractivity contribution in [3.8, 4) is 0 Å². The number of benzene rings is 1. The first kappa shape index (κ1) is 16.9. The summed E-state index contributed by atoms with van der Waals surface area (Å²) in [5.41, 5.74) is 2.34. The summed E-state index contributed by atoms with van der Waals surface area (Å²) in [5, 5.41) is 9.45. The van der Waals surface area contributed by atoms with Crippen LogP contribution in [0.15, 0.2) is 24.3 Å². The predicted octanol–water partition coefficient (Wildman–Crippen LogP) is 1.78. The van der Waals surface area contributed by atoms with E-state index in [1.807, 2.05) is 12.1 Å². The van der Waals surface area contributed by atoms with Gasteiger partial charge in [-0.25, -0.2) is 0 Å². The van der Waals surface area contributed by atoms with Gasteiger partial charge in [0.25, 0.3) is 0 Å². The predicted molar refractivity (Wildman–Crippen MR) is 94.4 cm³/mol. The quantitative estimate of drug-likeness (QED) is 0.866. The Morgan fingerprint density at radius 3 is 2.35 bits per heavy atom. The summed E-state index contributed by atoms with van der Waals surface area (Å²) in [6.07, 6.45) is 4.08. The molecule has 1 atom stereocenters. The van der Waals surface area contributed by atoms with Crippen LogP contribution in [0.1, 0.15) is 30.4 Å². The minimum absolute atomic E-state index is 0.144. The van der Waals surface area contributed by atoms with Crippen molar-refractivity contribution in [1.82, 2.24) is 14.7 Å². The number of aliphatic hydroxyl groups is 1. The topological polar surface area (TPSA) is 30.0 Å². The lowest BCUT2D eigenvalue weighted by Crippen LogP contribution is -2.47. The van der Waals surface area contributed by atoms with Gasteiger partial charge in [-0.1, -0.05) is 24.3 Å². The average Bonchev–Trinajstić information content (AvgIpc) is 3.00. The summed E-state index contributed by atoms with van der Waals surface area (Å²) < 4.78 is 0. The molecule has 2 aliphatic rings. The highest BCUT2D eigenvalue weighted by molar-refractivity contribution is 5.26. The molecular weight excluding hydrogens is 286 g/mol. The van der Waals surface area contributed by atoms with Crippen LogP contribution in [-0.4, -0.2) is 72.2 Å². The molecule has 1 unspecified atom stereocenters. The maximum atomic E-state index is 9.45. The Morgan fingerprint density at radius 2 is 1.70 bits per heavy atom. The number of likely N-dealkylation sites (tertiary alicyclic amines) is 1. The van der Waals surface area contributed by atoms with Gasteiger partial charge >= 0.3 is 0 Å². The highest BCUT2D eigenvalue weighted by atomic mass is 16.3. The third kappa shape index (κ3) is 4.54. The second kappa shape index (κ2) is 8.25. The van der Waals surface area contributed by atoms with Crippen molar-refractivity contribution in [3.05, 3.63) is 35.4 Å². The fourth-order valence-electron chi connectivity index (χ4n) is 3.95. The molecule has 0 saturated carbocycles. The largest absolute Gasteiger partial charge is 0.392 e. The Balaban J connectivity index is 1.41. The van der Waals surface area contributed by atoms with Crippen LogP contribution in [0.2, 0.25) is 0 Å². The Hall–Kier alpha value is -0.940. The summed E-state index contributed by atoms with van der Waals surface area (Å²) >= 11 is 0. The van der Waals surface area contributed by atoms with Crippen LogP contribution < -0.4 is 0 Å².